The number of rotatable bonds is 0. The predicted molar refractivity (Wildman–Crippen MR) is 43.2 cm³/mol. The Bertz CT molecular complexity index is 318. The van der Waals surface area contributed by atoms with Gasteiger partial charge in [-0.15, -0.1) is 0 Å². The second kappa shape index (κ2) is 2.06. The molecule has 1 heterocycles. The molecule has 0 unspecified atom stereocenters. The Morgan fingerprint density at radius 1 is 1.30 bits per heavy atom. The molecule has 0 saturated carbocycles. The quantitative estimate of drug-likeness (QED) is 0.526. The van der Waals surface area contributed by atoms with Crippen LogP contribution in [0.1, 0.15) is 5.07 Å². The van der Waals surface area contributed by atoms with Crippen LogP contribution in [0.2, 0.25) is 0 Å². The minimum atomic E-state index is 0.991. The minimum absolute atomic E-state index is 0.991. The van der Waals surface area contributed by atoms with Gasteiger partial charge in [0.2, 0.25) is 0 Å². The van der Waals surface area contributed by atoms with Crippen LogP contribution < -0.4 is 0 Å². The fraction of sp³-hybridized carbons (Fsp3) is 0.125. The standard InChI is InChI=1S/C8H7OS/c1-6-9-7-4-2-3-5-8(7)10-6/h2-5H,1H3/q+1. The topological polar surface area (TPSA) is 11.3 Å². The monoisotopic (exact) mass is 151 g/mol. The minimum Gasteiger partial charge on any atom is -0.200 e. The number of benzene rings is 1. The Labute approximate surface area is 62.9 Å². The summed E-state index contributed by atoms with van der Waals surface area (Å²) in [6.07, 6.45) is 0. The molecule has 1 aromatic carbocycles. The molecule has 2 rings (SSSR count). The maximum Gasteiger partial charge on any atom is 0.383 e. The van der Waals surface area contributed by atoms with E-state index in [1.165, 1.54) is 4.70 Å². The van der Waals surface area contributed by atoms with E-state index in [1.54, 1.807) is 11.3 Å². The van der Waals surface area contributed by atoms with Crippen LogP contribution in [0.15, 0.2) is 28.7 Å². The molecule has 0 radical (unpaired) electrons. The van der Waals surface area contributed by atoms with Crippen LogP contribution in [-0.2, 0) is 0 Å². The normalized spacial score (nSPS) is 10.5. The van der Waals surface area contributed by atoms with Crippen molar-refractivity contribution in [3.05, 3.63) is 29.3 Å². The van der Waals surface area contributed by atoms with Crippen molar-refractivity contribution in [3.8, 4) is 0 Å². The molecule has 0 fully saturated rings. The van der Waals surface area contributed by atoms with E-state index in [-0.39, 0.29) is 0 Å². The molecular weight excluding hydrogens is 144 g/mol. The van der Waals surface area contributed by atoms with E-state index in [0.29, 0.717) is 0 Å². The van der Waals surface area contributed by atoms with Crippen LogP contribution in [-0.4, -0.2) is 0 Å². The van der Waals surface area contributed by atoms with E-state index in [2.05, 4.69) is 6.07 Å². The molecule has 1 aromatic heterocycles. The first-order valence-electron chi connectivity index (χ1n) is 3.14. The lowest BCUT2D eigenvalue weighted by Gasteiger charge is -1.71. The van der Waals surface area contributed by atoms with E-state index in [0.717, 1.165) is 10.7 Å². The first kappa shape index (κ1) is 5.86. The molecule has 50 valence electrons. The lowest BCUT2D eigenvalue weighted by atomic mass is 10.4. The van der Waals surface area contributed by atoms with Crippen molar-refractivity contribution >= 4 is 21.6 Å². The van der Waals surface area contributed by atoms with Gasteiger partial charge in [-0.2, -0.15) is 4.42 Å². The van der Waals surface area contributed by atoms with Gasteiger partial charge < -0.3 is 0 Å². The summed E-state index contributed by atoms with van der Waals surface area (Å²) >= 11 is 1.69. The van der Waals surface area contributed by atoms with Crippen LogP contribution in [0.4, 0.5) is 0 Å². The smallest absolute Gasteiger partial charge is 0.200 e. The molecule has 0 atom stereocenters. The molecule has 0 amide bonds. The molecule has 0 bridgehead atoms. The molecule has 0 aliphatic carbocycles. The van der Waals surface area contributed by atoms with E-state index >= 15 is 0 Å². The van der Waals surface area contributed by atoms with Gasteiger partial charge in [-0.3, -0.25) is 0 Å². The van der Waals surface area contributed by atoms with Gasteiger partial charge in [-0.25, -0.2) is 0 Å². The number of fused-ring (bicyclic) bond motifs is 1. The predicted octanol–water partition coefficient (Wildman–Crippen LogP) is 3.08. The molecule has 0 saturated heterocycles. The highest BCUT2D eigenvalue weighted by molar-refractivity contribution is 7.18. The van der Waals surface area contributed by atoms with Gasteiger partial charge in [-0.1, -0.05) is 12.1 Å². The lowest BCUT2D eigenvalue weighted by Crippen LogP contribution is -1.56. The molecule has 2 heteroatoms. The second-order valence-electron chi connectivity index (χ2n) is 2.14. The Morgan fingerprint density at radius 2 is 2.10 bits per heavy atom. The SMILES string of the molecule is Cc1[o+]c2ccccc2s1. The van der Waals surface area contributed by atoms with Gasteiger partial charge in [0.25, 0.3) is 0 Å². The molecule has 0 aliphatic rings. The zero-order valence-electron chi connectivity index (χ0n) is 5.63. The van der Waals surface area contributed by atoms with Crippen molar-refractivity contribution in [3.63, 3.8) is 0 Å². The summed E-state index contributed by atoms with van der Waals surface area (Å²) in [7, 11) is 0. The van der Waals surface area contributed by atoms with Crippen molar-refractivity contribution in [2.45, 2.75) is 6.92 Å². The Balaban J connectivity index is 2.88. The van der Waals surface area contributed by atoms with E-state index < -0.39 is 0 Å². The van der Waals surface area contributed by atoms with E-state index in [4.69, 9.17) is 4.42 Å². The second-order valence-corrected chi connectivity index (χ2v) is 3.36. The van der Waals surface area contributed by atoms with Gasteiger partial charge >= 0.3 is 10.7 Å². The highest BCUT2D eigenvalue weighted by Gasteiger charge is 2.10. The fourth-order valence-corrected chi connectivity index (χ4v) is 1.75. The van der Waals surface area contributed by atoms with Gasteiger partial charge in [0.15, 0.2) is 0 Å². The van der Waals surface area contributed by atoms with Gasteiger partial charge in [-0.05, 0) is 17.4 Å². The Kier molecular flexibility index (Phi) is 1.21. The average Bonchev–Trinajstić information content (AvgIpc) is 2.27. The van der Waals surface area contributed by atoms with Crippen LogP contribution in [0, 0.1) is 6.92 Å². The summed E-state index contributed by atoms with van der Waals surface area (Å²) in [4.78, 5) is 0. The van der Waals surface area contributed by atoms with Crippen molar-refractivity contribution in [2.24, 2.45) is 0 Å². The fourth-order valence-electron chi connectivity index (χ4n) is 0.949. The van der Waals surface area contributed by atoms with Crippen molar-refractivity contribution in [1.82, 2.24) is 0 Å². The third-order valence-electron chi connectivity index (χ3n) is 1.36. The number of para-hydroxylation sites is 1. The maximum atomic E-state index is 5.39. The Hall–Kier alpha value is -0.890. The summed E-state index contributed by atoms with van der Waals surface area (Å²) in [6, 6.07) is 8.06. The summed E-state index contributed by atoms with van der Waals surface area (Å²) in [5.41, 5.74) is 0.991. The molecule has 0 spiro atoms. The maximum absolute atomic E-state index is 5.39. The first-order chi connectivity index (χ1) is 4.86. The van der Waals surface area contributed by atoms with Crippen LogP contribution in [0.25, 0.3) is 10.3 Å². The first-order valence-corrected chi connectivity index (χ1v) is 3.96. The highest BCUT2D eigenvalue weighted by atomic mass is 32.1. The number of aryl methyl sites for hydroxylation is 1. The van der Waals surface area contributed by atoms with Gasteiger partial charge in [0.05, 0.1) is 6.92 Å². The Morgan fingerprint density at radius 3 is 2.90 bits per heavy atom. The molecule has 0 aliphatic heterocycles. The van der Waals surface area contributed by atoms with Crippen LogP contribution in [0.5, 0.6) is 0 Å². The molecule has 1 nitrogen and oxygen atoms in total. The summed E-state index contributed by atoms with van der Waals surface area (Å²) < 4.78 is 6.61. The number of hydrogen-bond acceptors (Lipinski definition) is 1. The van der Waals surface area contributed by atoms with Gasteiger partial charge in [0.1, 0.15) is 4.70 Å². The largest absolute Gasteiger partial charge is 0.383 e. The zero-order valence-corrected chi connectivity index (χ0v) is 6.44. The molecular formula is C8H7OS+. The van der Waals surface area contributed by atoms with Crippen molar-refractivity contribution in [1.29, 1.82) is 0 Å². The van der Waals surface area contributed by atoms with Gasteiger partial charge in [0, 0.05) is 6.07 Å². The van der Waals surface area contributed by atoms with Crippen molar-refractivity contribution in [2.75, 3.05) is 0 Å². The average molecular weight is 151 g/mol. The highest BCUT2D eigenvalue weighted by Crippen LogP contribution is 2.23. The third-order valence-corrected chi connectivity index (χ3v) is 2.28. The molecule has 2 aromatic rings. The van der Waals surface area contributed by atoms with Crippen LogP contribution in [0.3, 0.4) is 0 Å². The van der Waals surface area contributed by atoms with E-state index in [9.17, 15) is 0 Å². The zero-order chi connectivity index (χ0) is 6.97. The molecule has 0 N–H and O–H groups in total. The van der Waals surface area contributed by atoms with Crippen LogP contribution >= 0.6 is 11.3 Å². The van der Waals surface area contributed by atoms with E-state index in [1.807, 2.05) is 25.1 Å². The third kappa shape index (κ3) is 0.809. The lowest BCUT2D eigenvalue weighted by molar-refractivity contribution is 0.589. The number of hydrogen-bond donors (Lipinski definition) is 0. The summed E-state index contributed by atoms with van der Waals surface area (Å²) in [5.74, 6) is 0. The summed E-state index contributed by atoms with van der Waals surface area (Å²) in [6.45, 7) is 1.98. The summed E-state index contributed by atoms with van der Waals surface area (Å²) in [5, 5.41) is 1.02. The molecule has 10 heavy (non-hydrogen) atoms. The van der Waals surface area contributed by atoms with Crippen molar-refractivity contribution < 1.29 is 4.42 Å².